The number of ether oxygens (including phenoxy) is 2. The monoisotopic (exact) mass is 556 g/mol. The summed E-state index contributed by atoms with van der Waals surface area (Å²) in [4.78, 5) is 22.3. The molecule has 0 saturated heterocycles. The zero-order valence-electron chi connectivity index (χ0n) is 24.1. The Morgan fingerprint density at radius 3 is 2.61 bits per heavy atom. The highest BCUT2D eigenvalue weighted by Crippen LogP contribution is 2.35. The first-order valence-electron chi connectivity index (χ1n) is 15.1. The zero-order chi connectivity index (χ0) is 28.3. The van der Waals surface area contributed by atoms with Crippen molar-refractivity contribution in [3.8, 4) is 16.9 Å². The largest absolute Gasteiger partial charge is 0.491 e. The Labute approximate surface area is 244 Å². The van der Waals surface area contributed by atoms with Gasteiger partial charge in [0.15, 0.2) is 0 Å². The van der Waals surface area contributed by atoms with Crippen LogP contribution in [0.4, 0.5) is 0 Å². The van der Waals surface area contributed by atoms with E-state index in [1.807, 2.05) is 42.6 Å². The van der Waals surface area contributed by atoms with Crippen molar-refractivity contribution in [3.63, 3.8) is 0 Å². The number of aryl methyl sites for hydroxylation is 1. The van der Waals surface area contributed by atoms with Crippen molar-refractivity contribution in [3.05, 3.63) is 78.9 Å². The van der Waals surface area contributed by atoms with Crippen molar-refractivity contribution in [2.75, 3.05) is 20.3 Å². The van der Waals surface area contributed by atoms with Crippen LogP contribution in [-0.4, -0.2) is 40.8 Å². The number of benzene rings is 1. The topological polar surface area (TPSA) is 78.3 Å². The number of aromatic nitrogens is 3. The van der Waals surface area contributed by atoms with Gasteiger partial charge in [0.25, 0.3) is 0 Å². The summed E-state index contributed by atoms with van der Waals surface area (Å²) in [5, 5.41) is 4.33. The minimum Gasteiger partial charge on any atom is -0.491 e. The molecule has 7 nitrogen and oxygen atoms in total. The Kier molecular flexibility index (Phi) is 10.4. The summed E-state index contributed by atoms with van der Waals surface area (Å²) in [5.74, 6) is 1.65. The first-order chi connectivity index (χ1) is 20.2. The van der Waals surface area contributed by atoms with Crippen molar-refractivity contribution >= 4 is 16.9 Å². The molecule has 4 aromatic rings. The molecule has 0 bridgehead atoms. The maximum absolute atomic E-state index is 13.2. The molecule has 1 atom stereocenters. The second kappa shape index (κ2) is 14.8. The summed E-state index contributed by atoms with van der Waals surface area (Å²) in [6.07, 6.45) is 14.9. The van der Waals surface area contributed by atoms with E-state index >= 15 is 0 Å². The molecular formula is C34H44N4O3. The second-order valence-corrected chi connectivity index (χ2v) is 11.0. The number of hydrogen-bond acceptors (Lipinski definition) is 5. The standard InChI is InChI=1S/C34H42N4O3.H2/c1-40-22-23-41-29-17-15-27(16-18-29)32-25-38(33-31(32)14-9-20-36-33)21-8-2-3-13-30(26-10-4-5-11-26)34(39)37-24-28-12-6-7-19-35-28;/h6-7,9,12,14-20,25-26,30H,2-5,8,10-11,13,21-24H2,1H3,(H,37,39);1H. The third-order valence-corrected chi connectivity index (χ3v) is 8.25. The van der Waals surface area contributed by atoms with Gasteiger partial charge in [-0.25, -0.2) is 4.98 Å². The molecule has 218 valence electrons. The predicted molar refractivity (Wildman–Crippen MR) is 165 cm³/mol. The van der Waals surface area contributed by atoms with Crippen molar-refractivity contribution in [1.82, 2.24) is 19.9 Å². The van der Waals surface area contributed by atoms with Crippen LogP contribution < -0.4 is 10.1 Å². The average Bonchev–Trinajstić information content (AvgIpc) is 3.68. The fourth-order valence-electron chi connectivity index (χ4n) is 6.07. The predicted octanol–water partition coefficient (Wildman–Crippen LogP) is 7.05. The number of unbranched alkanes of at least 4 members (excludes halogenated alkanes) is 2. The summed E-state index contributed by atoms with van der Waals surface area (Å²) in [6.45, 7) is 2.52. The minimum absolute atomic E-state index is 0. The van der Waals surface area contributed by atoms with E-state index in [0.717, 1.165) is 60.3 Å². The second-order valence-electron chi connectivity index (χ2n) is 11.0. The smallest absolute Gasteiger partial charge is 0.223 e. The molecule has 3 aromatic heterocycles. The van der Waals surface area contributed by atoms with Gasteiger partial charge < -0.3 is 19.4 Å². The van der Waals surface area contributed by atoms with Crippen LogP contribution in [0.5, 0.6) is 5.75 Å². The van der Waals surface area contributed by atoms with Gasteiger partial charge in [-0.15, -0.1) is 0 Å². The average molecular weight is 557 g/mol. The van der Waals surface area contributed by atoms with E-state index in [9.17, 15) is 4.79 Å². The molecule has 1 unspecified atom stereocenters. The summed E-state index contributed by atoms with van der Waals surface area (Å²) in [6, 6.07) is 18.2. The summed E-state index contributed by atoms with van der Waals surface area (Å²) < 4.78 is 13.1. The minimum atomic E-state index is 0. The maximum Gasteiger partial charge on any atom is 0.223 e. The highest BCUT2D eigenvalue weighted by molar-refractivity contribution is 5.94. The molecule has 0 aliphatic heterocycles. The molecule has 1 fully saturated rings. The number of amides is 1. The molecule has 5 rings (SSSR count). The molecule has 1 amide bonds. The van der Waals surface area contributed by atoms with E-state index in [1.165, 1.54) is 31.2 Å². The maximum atomic E-state index is 13.2. The molecule has 7 heteroatoms. The van der Waals surface area contributed by atoms with Crippen LogP contribution >= 0.6 is 0 Å². The Hall–Kier alpha value is -3.71. The Morgan fingerprint density at radius 2 is 1.83 bits per heavy atom. The van der Waals surface area contributed by atoms with Gasteiger partial charge in [0.05, 0.1) is 18.8 Å². The lowest BCUT2D eigenvalue weighted by atomic mass is 9.85. The van der Waals surface area contributed by atoms with Gasteiger partial charge in [-0.3, -0.25) is 9.78 Å². The molecule has 1 aromatic carbocycles. The molecule has 1 aliphatic rings. The lowest BCUT2D eigenvalue weighted by Crippen LogP contribution is -2.34. The summed E-state index contributed by atoms with van der Waals surface area (Å²) >= 11 is 0. The number of rotatable bonds is 15. The number of nitrogens with zero attached hydrogens (tertiary/aromatic N) is 3. The fourth-order valence-corrected chi connectivity index (χ4v) is 6.07. The number of fused-ring (bicyclic) bond motifs is 1. The highest BCUT2D eigenvalue weighted by atomic mass is 16.5. The van der Waals surface area contributed by atoms with Crippen molar-refractivity contribution in [1.29, 1.82) is 0 Å². The van der Waals surface area contributed by atoms with E-state index in [1.54, 1.807) is 13.3 Å². The molecule has 0 spiro atoms. The van der Waals surface area contributed by atoms with Gasteiger partial charge in [0.1, 0.15) is 18.0 Å². The normalized spacial score (nSPS) is 14.4. The van der Waals surface area contributed by atoms with Crippen LogP contribution in [0, 0.1) is 11.8 Å². The van der Waals surface area contributed by atoms with Crippen LogP contribution in [0.25, 0.3) is 22.2 Å². The third kappa shape index (κ3) is 7.73. The van der Waals surface area contributed by atoms with E-state index in [4.69, 9.17) is 14.5 Å². The fraction of sp³-hybridized carbons (Fsp3) is 0.441. The SMILES string of the molecule is COCCOc1ccc(-c2cn(CCCCCC(C(=O)NCc3ccccn3)C3CCCC3)c3ncccc23)cc1.[HH]. The Balaban J connectivity index is 0.00000405. The molecule has 1 saturated carbocycles. The van der Waals surface area contributed by atoms with E-state index in [0.29, 0.717) is 25.7 Å². The molecule has 1 aliphatic carbocycles. The number of carbonyl (C=O) groups excluding carboxylic acids is 1. The van der Waals surface area contributed by atoms with Crippen LogP contribution in [0.1, 0.15) is 58.5 Å². The van der Waals surface area contributed by atoms with Gasteiger partial charge >= 0.3 is 0 Å². The summed E-state index contributed by atoms with van der Waals surface area (Å²) in [7, 11) is 1.67. The number of carbonyl (C=O) groups is 1. The third-order valence-electron chi connectivity index (χ3n) is 8.25. The number of pyridine rings is 2. The number of methoxy groups -OCH3 is 1. The lowest BCUT2D eigenvalue weighted by molar-refractivity contribution is -0.127. The van der Waals surface area contributed by atoms with E-state index < -0.39 is 0 Å². The summed E-state index contributed by atoms with van der Waals surface area (Å²) in [5.41, 5.74) is 4.25. The van der Waals surface area contributed by atoms with Crippen LogP contribution in [-0.2, 0) is 22.6 Å². The van der Waals surface area contributed by atoms with Crippen LogP contribution in [0.15, 0.2) is 73.2 Å². The Bertz CT molecular complexity index is 1370. The first-order valence-corrected chi connectivity index (χ1v) is 15.1. The van der Waals surface area contributed by atoms with Gasteiger partial charge in [0, 0.05) is 50.5 Å². The Morgan fingerprint density at radius 1 is 1.00 bits per heavy atom. The zero-order valence-corrected chi connectivity index (χ0v) is 24.1. The van der Waals surface area contributed by atoms with Crippen molar-refractivity contribution in [2.45, 2.75) is 64.5 Å². The lowest BCUT2D eigenvalue weighted by Gasteiger charge is -2.22. The molecule has 0 radical (unpaired) electrons. The first kappa shape index (κ1) is 28.8. The molecule has 1 N–H and O–H groups in total. The van der Waals surface area contributed by atoms with Crippen molar-refractivity contribution in [2.24, 2.45) is 11.8 Å². The van der Waals surface area contributed by atoms with Gasteiger partial charge in [-0.1, -0.05) is 43.9 Å². The van der Waals surface area contributed by atoms with Crippen LogP contribution in [0.3, 0.4) is 0 Å². The van der Waals surface area contributed by atoms with E-state index in [2.05, 4.69) is 39.3 Å². The van der Waals surface area contributed by atoms with Gasteiger partial charge in [-0.2, -0.15) is 0 Å². The highest BCUT2D eigenvalue weighted by Gasteiger charge is 2.30. The van der Waals surface area contributed by atoms with Crippen LogP contribution in [0.2, 0.25) is 0 Å². The quantitative estimate of drug-likeness (QED) is 0.159. The van der Waals surface area contributed by atoms with Gasteiger partial charge in [-0.05, 0) is 73.6 Å². The van der Waals surface area contributed by atoms with E-state index in [-0.39, 0.29) is 13.3 Å². The van der Waals surface area contributed by atoms with Gasteiger partial charge in [0.2, 0.25) is 5.91 Å². The van der Waals surface area contributed by atoms with Crippen molar-refractivity contribution < 1.29 is 15.7 Å². The molecule has 3 heterocycles. The molecule has 41 heavy (non-hydrogen) atoms. The number of hydrogen-bond donors (Lipinski definition) is 1. The molecular weight excluding hydrogens is 512 g/mol. The number of nitrogens with one attached hydrogen (secondary N) is 1.